The summed E-state index contributed by atoms with van der Waals surface area (Å²) >= 11 is 0. The van der Waals surface area contributed by atoms with Crippen LogP contribution in [0.4, 0.5) is 5.69 Å². The molecule has 0 radical (unpaired) electrons. The van der Waals surface area contributed by atoms with E-state index in [9.17, 15) is 9.59 Å². The average Bonchev–Trinajstić information content (AvgIpc) is 3.06. The van der Waals surface area contributed by atoms with Crippen LogP contribution in [0.5, 0.6) is 0 Å². The molecule has 4 unspecified atom stereocenters. The van der Waals surface area contributed by atoms with E-state index in [-0.39, 0.29) is 18.6 Å². The molecule has 29 heavy (non-hydrogen) atoms. The van der Waals surface area contributed by atoms with Gasteiger partial charge in [0.05, 0.1) is 17.7 Å². The SMILES string of the molecule is CC1CCC(C(C)C)C(OCC(=O)OC2CCN(c3ccc(C#N)cc3)C2=O)C1. The lowest BCUT2D eigenvalue weighted by Crippen LogP contribution is -2.37. The summed E-state index contributed by atoms with van der Waals surface area (Å²) in [6.07, 6.45) is 3.05. The first kappa shape index (κ1) is 21.3. The Balaban J connectivity index is 1.51. The van der Waals surface area contributed by atoms with Gasteiger partial charge >= 0.3 is 5.97 Å². The van der Waals surface area contributed by atoms with Crippen molar-refractivity contribution in [2.24, 2.45) is 17.8 Å². The van der Waals surface area contributed by atoms with Gasteiger partial charge in [0, 0.05) is 18.7 Å². The molecule has 156 valence electrons. The predicted molar refractivity (Wildman–Crippen MR) is 109 cm³/mol. The monoisotopic (exact) mass is 398 g/mol. The van der Waals surface area contributed by atoms with Crippen LogP contribution in [-0.2, 0) is 19.1 Å². The maximum Gasteiger partial charge on any atom is 0.332 e. The lowest BCUT2D eigenvalue weighted by molar-refractivity contribution is -0.162. The summed E-state index contributed by atoms with van der Waals surface area (Å²) in [6, 6.07) is 8.88. The molecule has 2 fully saturated rings. The summed E-state index contributed by atoms with van der Waals surface area (Å²) in [4.78, 5) is 26.5. The minimum Gasteiger partial charge on any atom is -0.450 e. The summed E-state index contributed by atoms with van der Waals surface area (Å²) in [5, 5.41) is 8.89. The van der Waals surface area contributed by atoms with Crippen LogP contribution in [0.15, 0.2) is 24.3 Å². The summed E-state index contributed by atoms with van der Waals surface area (Å²) in [6.45, 7) is 7.00. The molecule has 0 aromatic heterocycles. The molecule has 4 atom stereocenters. The smallest absolute Gasteiger partial charge is 0.332 e. The van der Waals surface area contributed by atoms with Gasteiger partial charge in [-0.05, 0) is 54.9 Å². The maximum atomic E-state index is 12.6. The molecular formula is C23H30N2O4. The Bertz CT molecular complexity index is 768. The number of anilines is 1. The molecule has 0 bridgehead atoms. The van der Waals surface area contributed by atoms with Crippen LogP contribution in [0.25, 0.3) is 0 Å². The van der Waals surface area contributed by atoms with E-state index in [0.29, 0.717) is 42.0 Å². The van der Waals surface area contributed by atoms with Crippen molar-refractivity contribution >= 4 is 17.6 Å². The molecule has 1 aromatic rings. The Morgan fingerprint density at radius 3 is 2.62 bits per heavy atom. The van der Waals surface area contributed by atoms with Crippen LogP contribution >= 0.6 is 0 Å². The van der Waals surface area contributed by atoms with Gasteiger partial charge in [0.1, 0.15) is 6.61 Å². The largest absolute Gasteiger partial charge is 0.450 e. The third-order valence-corrected chi connectivity index (χ3v) is 6.11. The number of amides is 1. The number of rotatable bonds is 6. The van der Waals surface area contributed by atoms with Crippen LogP contribution in [0.3, 0.4) is 0 Å². The number of nitrogens with zero attached hydrogens (tertiary/aromatic N) is 2. The highest BCUT2D eigenvalue weighted by atomic mass is 16.6. The number of benzene rings is 1. The fourth-order valence-electron chi connectivity index (χ4n) is 4.41. The minimum atomic E-state index is -0.770. The van der Waals surface area contributed by atoms with Crippen LogP contribution in [0, 0.1) is 29.1 Å². The Kier molecular flexibility index (Phi) is 6.92. The molecule has 3 rings (SSSR count). The Hall–Kier alpha value is -2.39. The zero-order valence-electron chi connectivity index (χ0n) is 17.5. The van der Waals surface area contributed by atoms with Gasteiger partial charge in [-0.1, -0.05) is 27.2 Å². The molecule has 0 N–H and O–H groups in total. The van der Waals surface area contributed by atoms with Gasteiger partial charge in [-0.2, -0.15) is 5.26 Å². The fraction of sp³-hybridized carbons (Fsp3) is 0.609. The van der Waals surface area contributed by atoms with Crippen molar-refractivity contribution in [2.75, 3.05) is 18.1 Å². The normalized spacial score (nSPS) is 27.1. The van der Waals surface area contributed by atoms with E-state index in [0.717, 1.165) is 12.8 Å². The number of carbonyl (C=O) groups is 2. The van der Waals surface area contributed by atoms with E-state index in [4.69, 9.17) is 14.7 Å². The highest BCUT2D eigenvalue weighted by molar-refractivity contribution is 5.99. The molecular weight excluding hydrogens is 368 g/mol. The van der Waals surface area contributed by atoms with E-state index >= 15 is 0 Å². The van der Waals surface area contributed by atoms with Crippen molar-refractivity contribution in [3.05, 3.63) is 29.8 Å². The lowest BCUT2D eigenvalue weighted by Gasteiger charge is -2.36. The first-order valence-electron chi connectivity index (χ1n) is 10.5. The molecule has 6 nitrogen and oxygen atoms in total. The zero-order chi connectivity index (χ0) is 21.0. The quantitative estimate of drug-likeness (QED) is 0.683. The van der Waals surface area contributed by atoms with Crippen molar-refractivity contribution in [1.29, 1.82) is 5.26 Å². The molecule has 1 saturated heterocycles. The number of hydrogen-bond donors (Lipinski definition) is 0. The second kappa shape index (κ2) is 9.41. The van der Waals surface area contributed by atoms with Crippen molar-refractivity contribution in [3.8, 4) is 6.07 Å². The highest BCUT2D eigenvalue weighted by Crippen LogP contribution is 2.35. The van der Waals surface area contributed by atoms with Gasteiger partial charge < -0.3 is 14.4 Å². The molecule has 0 spiro atoms. The van der Waals surface area contributed by atoms with E-state index in [1.165, 1.54) is 6.42 Å². The van der Waals surface area contributed by atoms with Gasteiger partial charge in [0.15, 0.2) is 6.10 Å². The second-order valence-corrected chi connectivity index (χ2v) is 8.59. The van der Waals surface area contributed by atoms with Crippen molar-refractivity contribution in [3.63, 3.8) is 0 Å². The van der Waals surface area contributed by atoms with Crippen molar-refractivity contribution < 1.29 is 19.1 Å². The van der Waals surface area contributed by atoms with Gasteiger partial charge in [-0.25, -0.2) is 4.79 Å². The van der Waals surface area contributed by atoms with Crippen molar-refractivity contribution in [2.45, 2.75) is 58.7 Å². The molecule has 1 saturated carbocycles. The number of nitriles is 1. The number of esters is 1. The number of carbonyl (C=O) groups excluding carboxylic acids is 2. The summed E-state index contributed by atoms with van der Waals surface area (Å²) in [5.41, 5.74) is 1.25. The van der Waals surface area contributed by atoms with Crippen LogP contribution in [-0.4, -0.2) is 37.2 Å². The Morgan fingerprint density at radius 1 is 1.24 bits per heavy atom. The molecule has 1 heterocycles. The molecule has 1 aliphatic heterocycles. The van der Waals surface area contributed by atoms with Gasteiger partial charge in [0.25, 0.3) is 5.91 Å². The first-order chi connectivity index (χ1) is 13.9. The molecule has 1 aliphatic carbocycles. The first-order valence-corrected chi connectivity index (χ1v) is 10.5. The molecule has 6 heteroatoms. The van der Waals surface area contributed by atoms with Gasteiger partial charge in [-0.3, -0.25) is 4.79 Å². The number of hydrogen-bond acceptors (Lipinski definition) is 5. The predicted octanol–water partition coefficient (Wildman–Crippen LogP) is 3.68. The second-order valence-electron chi connectivity index (χ2n) is 8.59. The molecule has 1 amide bonds. The van der Waals surface area contributed by atoms with Crippen LogP contribution in [0.1, 0.15) is 52.0 Å². The van der Waals surface area contributed by atoms with Crippen LogP contribution in [0.2, 0.25) is 0 Å². The summed E-state index contributed by atoms with van der Waals surface area (Å²) in [7, 11) is 0. The summed E-state index contributed by atoms with van der Waals surface area (Å²) < 4.78 is 11.4. The fourth-order valence-corrected chi connectivity index (χ4v) is 4.41. The van der Waals surface area contributed by atoms with Gasteiger partial charge in [-0.15, -0.1) is 0 Å². The highest BCUT2D eigenvalue weighted by Gasteiger charge is 2.36. The summed E-state index contributed by atoms with van der Waals surface area (Å²) in [5.74, 6) is 0.864. The topological polar surface area (TPSA) is 79.6 Å². The van der Waals surface area contributed by atoms with Gasteiger partial charge in [0.2, 0.25) is 0 Å². The molecule has 2 aliphatic rings. The third-order valence-electron chi connectivity index (χ3n) is 6.11. The van der Waals surface area contributed by atoms with E-state index in [1.54, 1.807) is 29.2 Å². The van der Waals surface area contributed by atoms with Crippen LogP contribution < -0.4 is 4.90 Å². The minimum absolute atomic E-state index is 0.0701. The lowest BCUT2D eigenvalue weighted by atomic mass is 9.75. The zero-order valence-corrected chi connectivity index (χ0v) is 17.5. The van der Waals surface area contributed by atoms with Crippen molar-refractivity contribution in [1.82, 2.24) is 0 Å². The Labute approximate surface area is 172 Å². The van der Waals surface area contributed by atoms with E-state index < -0.39 is 12.1 Å². The van der Waals surface area contributed by atoms with E-state index in [2.05, 4.69) is 26.8 Å². The third kappa shape index (κ3) is 5.16. The molecule has 1 aromatic carbocycles. The number of ether oxygens (including phenoxy) is 2. The Morgan fingerprint density at radius 2 is 1.97 bits per heavy atom. The maximum absolute atomic E-state index is 12.6. The standard InChI is InChI=1S/C23H30N2O4/c1-15(2)19-9-4-16(3)12-21(19)28-14-22(26)29-20-10-11-25(23(20)27)18-7-5-17(13-24)6-8-18/h5-8,15-16,19-21H,4,9-12,14H2,1-3H3. The van der Waals surface area contributed by atoms with E-state index in [1.807, 2.05) is 0 Å². The average molecular weight is 399 g/mol.